The molecule has 0 unspecified atom stereocenters. The fourth-order valence-electron chi connectivity index (χ4n) is 1.35. The summed E-state index contributed by atoms with van der Waals surface area (Å²) < 4.78 is 2.66. The predicted molar refractivity (Wildman–Crippen MR) is 63.2 cm³/mol. The Morgan fingerprint density at radius 3 is 2.81 bits per heavy atom. The van der Waals surface area contributed by atoms with Crippen molar-refractivity contribution in [3.8, 4) is 0 Å². The van der Waals surface area contributed by atoms with Gasteiger partial charge in [-0.25, -0.2) is 4.98 Å². The topological polar surface area (TPSA) is 47.8 Å². The molecule has 0 atom stereocenters. The van der Waals surface area contributed by atoms with E-state index in [1.165, 1.54) is 0 Å². The number of Topliss-reactive ketones (excluding diaryl/α,β-unsaturated/α-hetero) is 1. The molecule has 0 aromatic carbocycles. The molecule has 2 heterocycles. The van der Waals surface area contributed by atoms with E-state index < -0.39 is 0 Å². The second-order valence-electron chi connectivity index (χ2n) is 3.39. The highest BCUT2D eigenvalue weighted by Crippen LogP contribution is 2.08. The van der Waals surface area contributed by atoms with Gasteiger partial charge in [-0.15, -0.1) is 0 Å². The lowest BCUT2D eigenvalue weighted by Gasteiger charge is -2.03. The third-order valence-electron chi connectivity index (χ3n) is 2.25. The highest BCUT2D eigenvalue weighted by molar-refractivity contribution is 9.10. The van der Waals surface area contributed by atoms with E-state index in [1.54, 1.807) is 35.3 Å². The van der Waals surface area contributed by atoms with E-state index in [1.807, 2.05) is 6.92 Å². The van der Waals surface area contributed by atoms with Gasteiger partial charge in [-0.05, 0) is 35.0 Å². The first-order valence-electron chi connectivity index (χ1n) is 4.79. The highest BCUT2D eigenvalue weighted by Gasteiger charge is 2.09. The molecule has 2 aromatic heterocycles. The number of rotatable bonds is 3. The number of aryl methyl sites for hydroxylation is 1. The van der Waals surface area contributed by atoms with Crippen LogP contribution in [0.2, 0.25) is 0 Å². The summed E-state index contributed by atoms with van der Waals surface area (Å²) >= 11 is 3.28. The molecule has 0 fully saturated rings. The van der Waals surface area contributed by atoms with Crippen LogP contribution in [0.4, 0.5) is 0 Å². The summed E-state index contributed by atoms with van der Waals surface area (Å²) in [6.45, 7) is 2.14. The second kappa shape index (κ2) is 4.57. The molecule has 4 nitrogen and oxygen atoms in total. The smallest absolute Gasteiger partial charge is 0.200 e. The first kappa shape index (κ1) is 11.0. The number of hydrogen-bond donors (Lipinski definition) is 0. The van der Waals surface area contributed by atoms with Gasteiger partial charge in [0.05, 0.1) is 6.54 Å². The molecule has 2 rings (SSSR count). The first-order chi connectivity index (χ1) is 7.66. The van der Waals surface area contributed by atoms with Crippen molar-refractivity contribution in [1.29, 1.82) is 0 Å². The minimum atomic E-state index is -0.0198. The Kier molecular flexibility index (Phi) is 3.14. The highest BCUT2D eigenvalue weighted by atomic mass is 79.9. The Balaban J connectivity index is 2.15. The van der Waals surface area contributed by atoms with Gasteiger partial charge in [0.2, 0.25) is 5.78 Å². The van der Waals surface area contributed by atoms with Crippen molar-refractivity contribution < 1.29 is 4.79 Å². The molecule has 0 aliphatic rings. The monoisotopic (exact) mass is 279 g/mol. The van der Waals surface area contributed by atoms with Gasteiger partial charge in [0.25, 0.3) is 0 Å². The first-order valence-corrected chi connectivity index (χ1v) is 5.58. The summed E-state index contributed by atoms with van der Waals surface area (Å²) in [5.74, 6) is 0.805. The maximum absolute atomic E-state index is 11.8. The number of aromatic nitrogens is 3. The van der Waals surface area contributed by atoms with E-state index >= 15 is 0 Å². The molecule has 0 amide bonds. The van der Waals surface area contributed by atoms with E-state index in [0.29, 0.717) is 5.69 Å². The molecule has 0 bridgehead atoms. The lowest BCUT2D eigenvalue weighted by Crippen LogP contribution is -2.12. The molecule has 16 heavy (non-hydrogen) atoms. The number of nitrogens with zero attached hydrogens (tertiary/aromatic N) is 3. The Morgan fingerprint density at radius 1 is 1.44 bits per heavy atom. The van der Waals surface area contributed by atoms with Crippen LogP contribution in [0.5, 0.6) is 0 Å². The lowest BCUT2D eigenvalue weighted by atomic mass is 10.2. The maximum Gasteiger partial charge on any atom is 0.200 e. The number of hydrogen-bond acceptors (Lipinski definition) is 3. The number of pyridine rings is 1. The van der Waals surface area contributed by atoms with Crippen LogP contribution < -0.4 is 0 Å². The summed E-state index contributed by atoms with van der Waals surface area (Å²) in [4.78, 5) is 20.0. The maximum atomic E-state index is 11.8. The van der Waals surface area contributed by atoms with E-state index in [4.69, 9.17) is 0 Å². The van der Waals surface area contributed by atoms with Gasteiger partial charge < -0.3 is 4.57 Å². The fraction of sp³-hybridized carbons (Fsp3) is 0.182. The minimum absolute atomic E-state index is 0.0198. The summed E-state index contributed by atoms with van der Waals surface area (Å²) in [6, 6.07) is 3.51. The average molecular weight is 280 g/mol. The van der Waals surface area contributed by atoms with E-state index in [-0.39, 0.29) is 12.3 Å². The van der Waals surface area contributed by atoms with Crippen LogP contribution in [0.25, 0.3) is 0 Å². The normalized spacial score (nSPS) is 10.4. The number of carbonyl (C=O) groups excluding carboxylic acids is 1. The Morgan fingerprint density at radius 2 is 2.25 bits per heavy atom. The zero-order chi connectivity index (χ0) is 11.5. The van der Waals surface area contributed by atoms with Crippen LogP contribution in [0.1, 0.15) is 16.3 Å². The van der Waals surface area contributed by atoms with Crippen molar-refractivity contribution in [2.75, 3.05) is 0 Å². The van der Waals surface area contributed by atoms with Crippen LogP contribution in [0.3, 0.4) is 0 Å². The second-order valence-corrected chi connectivity index (χ2v) is 4.30. The van der Waals surface area contributed by atoms with E-state index in [0.717, 1.165) is 10.3 Å². The molecule has 82 valence electrons. The van der Waals surface area contributed by atoms with Crippen molar-refractivity contribution in [3.63, 3.8) is 0 Å². The lowest BCUT2D eigenvalue weighted by molar-refractivity contribution is 0.0966. The van der Waals surface area contributed by atoms with Crippen molar-refractivity contribution in [3.05, 3.63) is 46.7 Å². The molecule has 2 aromatic rings. The quantitative estimate of drug-likeness (QED) is 0.810. The summed E-state index contributed by atoms with van der Waals surface area (Å²) in [6.07, 6.45) is 5.08. The molecule has 5 heteroatoms. The zero-order valence-corrected chi connectivity index (χ0v) is 10.3. The molecule has 0 spiro atoms. The molecule has 0 saturated heterocycles. The summed E-state index contributed by atoms with van der Waals surface area (Å²) in [5.41, 5.74) is 0.469. The molecular formula is C11H10BrN3O. The van der Waals surface area contributed by atoms with Crippen molar-refractivity contribution in [2.45, 2.75) is 13.5 Å². The largest absolute Gasteiger partial charge is 0.327 e. The van der Waals surface area contributed by atoms with Crippen molar-refractivity contribution in [2.24, 2.45) is 0 Å². The minimum Gasteiger partial charge on any atom is -0.327 e. The average Bonchev–Trinajstić information content (AvgIpc) is 2.65. The molecule has 0 aliphatic carbocycles. The predicted octanol–water partition coefficient (Wildman–Crippen LogP) is 2.23. The van der Waals surface area contributed by atoms with Crippen LogP contribution in [-0.2, 0) is 6.54 Å². The number of ketones is 1. The number of imidazole rings is 1. The van der Waals surface area contributed by atoms with E-state index in [9.17, 15) is 4.79 Å². The molecule has 0 radical (unpaired) electrons. The zero-order valence-electron chi connectivity index (χ0n) is 8.72. The summed E-state index contributed by atoms with van der Waals surface area (Å²) in [7, 11) is 0. The molecule has 0 N–H and O–H groups in total. The number of halogens is 1. The van der Waals surface area contributed by atoms with Crippen LogP contribution in [-0.4, -0.2) is 20.3 Å². The van der Waals surface area contributed by atoms with Crippen LogP contribution in [0.15, 0.2) is 35.2 Å². The Hall–Kier alpha value is -1.49. The Labute approximate surface area is 101 Å². The Bertz CT molecular complexity index is 504. The van der Waals surface area contributed by atoms with Gasteiger partial charge in [-0.1, -0.05) is 0 Å². The van der Waals surface area contributed by atoms with Crippen LogP contribution in [0, 0.1) is 6.92 Å². The number of carbonyl (C=O) groups is 1. The van der Waals surface area contributed by atoms with Gasteiger partial charge in [0, 0.05) is 23.1 Å². The molecule has 0 aliphatic heterocycles. The van der Waals surface area contributed by atoms with Crippen molar-refractivity contribution in [1.82, 2.24) is 14.5 Å². The standard InChI is InChI=1S/C11H10BrN3O/c1-8-13-4-5-15(8)7-11(16)10-3-2-9(12)6-14-10/h2-6H,7H2,1H3. The molecule has 0 saturated carbocycles. The van der Waals surface area contributed by atoms with Crippen molar-refractivity contribution >= 4 is 21.7 Å². The fourth-order valence-corrected chi connectivity index (χ4v) is 1.58. The SMILES string of the molecule is Cc1nccn1CC(=O)c1ccc(Br)cn1. The molecular weight excluding hydrogens is 270 g/mol. The van der Waals surface area contributed by atoms with Gasteiger partial charge in [-0.3, -0.25) is 9.78 Å². The summed E-state index contributed by atoms with van der Waals surface area (Å²) in [5, 5.41) is 0. The van der Waals surface area contributed by atoms with Gasteiger partial charge >= 0.3 is 0 Å². The van der Waals surface area contributed by atoms with Gasteiger partial charge in [0.15, 0.2) is 0 Å². The van der Waals surface area contributed by atoms with E-state index in [2.05, 4.69) is 25.9 Å². The third kappa shape index (κ3) is 2.36. The third-order valence-corrected chi connectivity index (χ3v) is 2.72. The van der Waals surface area contributed by atoms with Gasteiger partial charge in [-0.2, -0.15) is 0 Å². The van der Waals surface area contributed by atoms with Crippen LogP contribution >= 0.6 is 15.9 Å². The van der Waals surface area contributed by atoms with Gasteiger partial charge in [0.1, 0.15) is 11.5 Å².